The van der Waals surface area contributed by atoms with Gasteiger partial charge in [0, 0.05) is 12.7 Å². The van der Waals surface area contributed by atoms with Crippen molar-refractivity contribution >= 4 is 5.78 Å². The first-order chi connectivity index (χ1) is 9.31. The van der Waals surface area contributed by atoms with Crippen LogP contribution in [0, 0.1) is 0 Å². The number of benzene rings is 2. The molecule has 0 aliphatic heterocycles. The van der Waals surface area contributed by atoms with Crippen molar-refractivity contribution in [1.82, 2.24) is 0 Å². The summed E-state index contributed by atoms with van der Waals surface area (Å²) >= 11 is 0. The van der Waals surface area contributed by atoms with Gasteiger partial charge in [-0.05, 0) is 11.6 Å². The molecule has 1 aliphatic rings. The van der Waals surface area contributed by atoms with Crippen molar-refractivity contribution in [3.63, 3.8) is 0 Å². The zero-order chi connectivity index (χ0) is 13.2. The first-order valence-electron chi connectivity index (χ1n) is 6.18. The van der Waals surface area contributed by atoms with Gasteiger partial charge in [-0.2, -0.15) is 0 Å². The molecule has 0 bridgehead atoms. The molecular weight excluding hydrogens is 240 g/mol. The lowest BCUT2D eigenvalue weighted by Gasteiger charge is -2.28. The van der Waals surface area contributed by atoms with Crippen molar-refractivity contribution in [2.45, 2.75) is 12.7 Å². The minimum Gasteiger partial charge on any atom is -0.488 e. The molecule has 2 aromatic carbocycles. The zero-order valence-corrected chi connectivity index (χ0v) is 10.6. The predicted octanol–water partition coefficient (Wildman–Crippen LogP) is 3.15. The lowest BCUT2D eigenvalue weighted by atomic mass is 9.83. The molecule has 0 radical (unpaired) electrons. The second-order valence-corrected chi connectivity index (χ2v) is 4.47. The predicted molar refractivity (Wildman–Crippen MR) is 71.3 cm³/mol. The van der Waals surface area contributed by atoms with Gasteiger partial charge in [-0.25, -0.2) is 0 Å². The third-order valence-electron chi connectivity index (χ3n) is 3.30. The Labute approximate surface area is 111 Å². The van der Waals surface area contributed by atoms with Crippen molar-refractivity contribution in [3.05, 3.63) is 65.2 Å². The Morgan fingerprint density at radius 3 is 2.58 bits per heavy atom. The van der Waals surface area contributed by atoms with Crippen LogP contribution in [0.2, 0.25) is 0 Å². The molecule has 1 atom stereocenters. The summed E-state index contributed by atoms with van der Waals surface area (Å²) in [6, 6.07) is 15.5. The van der Waals surface area contributed by atoms with E-state index in [-0.39, 0.29) is 5.78 Å². The molecule has 0 spiro atoms. The highest BCUT2D eigenvalue weighted by Crippen LogP contribution is 2.41. The fraction of sp³-hybridized carbons (Fsp3) is 0.188. The van der Waals surface area contributed by atoms with Crippen LogP contribution in [0.25, 0.3) is 0 Å². The molecule has 0 saturated heterocycles. The molecule has 1 unspecified atom stereocenters. The van der Waals surface area contributed by atoms with Gasteiger partial charge in [0.15, 0.2) is 5.78 Å². The van der Waals surface area contributed by atoms with Gasteiger partial charge in [0.25, 0.3) is 0 Å². The van der Waals surface area contributed by atoms with Crippen LogP contribution in [0.3, 0.4) is 0 Å². The van der Waals surface area contributed by atoms with E-state index >= 15 is 0 Å². The van der Waals surface area contributed by atoms with Crippen LogP contribution >= 0.6 is 0 Å². The van der Waals surface area contributed by atoms with Crippen LogP contribution in [0.1, 0.15) is 27.6 Å². The van der Waals surface area contributed by atoms with Crippen LogP contribution in [-0.2, 0) is 11.3 Å². The Morgan fingerprint density at radius 1 is 1.05 bits per heavy atom. The van der Waals surface area contributed by atoms with Gasteiger partial charge in [0.1, 0.15) is 18.5 Å². The van der Waals surface area contributed by atoms with Crippen LogP contribution < -0.4 is 4.74 Å². The van der Waals surface area contributed by atoms with Gasteiger partial charge in [0.05, 0.1) is 5.56 Å². The number of rotatable bonds is 4. The summed E-state index contributed by atoms with van der Waals surface area (Å²) in [5.74, 6) is 0.640. The van der Waals surface area contributed by atoms with Crippen molar-refractivity contribution < 1.29 is 14.3 Å². The lowest BCUT2D eigenvalue weighted by molar-refractivity contribution is 0.0507. The minimum atomic E-state index is -0.421. The van der Waals surface area contributed by atoms with Gasteiger partial charge in [0.2, 0.25) is 0 Å². The maximum absolute atomic E-state index is 11.9. The number of hydrogen-bond acceptors (Lipinski definition) is 3. The summed E-state index contributed by atoms with van der Waals surface area (Å²) in [7, 11) is 1.54. The van der Waals surface area contributed by atoms with Crippen LogP contribution in [0.5, 0.6) is 5.75 Å². The second kappa shape index (κ2) is 4.86. The molecule has 0 fully saturated rings. The van der Waals surface area contributed by atoms with Crippen LogP contribution in [0.15, 0.2) is 48.5 Å². The topological polar surface area (TPSA) is 35.5 Å². The summed E-state index contributed by atoms with van der Waals surface area (Å²) in [6.45, 7) is 0.461. The monoisotopic (exact) mass is 254 g/mol. The van der Waals surface area contributed by atoms with E-state index in [1.54, 1.807) is 7.11 Å². The number of ether oxygens (including phenoxy) is 2. The maximum atomic E-state index is 11.9. The number of methoxy groups -OCH3 is 1. The Bertz CT molecular complexity index is 605. The molecular formula is C16H14O3. The zero-order valence-electron chi connectivity index (χ0n) is 10.6. The van der Waals surface area contributed by atoms with E-state index in [9.17, 15) is 4.79 Å². The summed E-state index contributed by atoms with van der Waals surface area (Å²) in [6.07, 6.45) is -0.421. The highest BCUT2D eigenvalue weighted by atomic mass is 16.5. The third kappa shape index (κ3) is 2.02. The molecule has 3 rings (SSSR count). The molecule has 0 aromatic heterocycles. The van der Waals surface area contributed by atoms with Crippen molar-refractivity contribution in [2.75, 3.05) is 7.11 Å². The number of fused-ring (bicyclic) bond motifs is 1. The van der Waals surface area contributed by atoms with Crippen molar-refractivity contribution in [1.29, 1.82) is 0 Å². The van der Waals surface area contributed by atoms with E-state index in [0.717, 1.165) is 11.1 Å². The largest absolute Gasteiger partial charge is 0.488 e. The summed E-state index contributed by atoms with van der Waals surface area (Å²) in [4.78, 5) is 11.9. The number of ketones is 1. The summed E-state index contributed by atoms with van der Waals surface area (Å²) in [5, 5.41) is 0. The Morgan fingerprint density at radius 2 is 1.84 bits per heavy atom. The quantitative estimate of drug-likeness (QED) is 0.840. The number of carbonyl (C=O) groups excluding carboxylic acids is 1. The van der Waals surface area contributed by atoms with E-state index < -0.39 is 6.10 Å². The smallest absolute Gasteiger partial charge is 0.200 e. The Balaban J connectivity index is 1.80. The molecule has 1 aliphatic carbocycles. The van der Waals surface area contributed by atoms with E-state index in [2.05, 4.69) is 0 Å². The van der Waals surface area contributed by atoms with Crippen molar-refractivity contribution in [3.8, 4) is 5.75 Å². The van der Waals surface area contributed by atoms with Gasteiger partial charge in [-0.3, -0.25) is 4.79 Å². The number of carbonyl (C=O) groups is 1. The number of hydrogen-bond donors (Lipinski definition) is 0. The molecule has 3 heteroatoms. The van der Waals surface area contributed by atoms with Crippen LogP contribution in [0.4, 0.5) is 0 Å². The van der Waals surface area contributed by atoms with E-state index in [1.165, 1.54) is 0 Å². The maximum Gasteiger partial charge on any atom is 0.200 e. The second-order valence-electron chi connectivity index (χ2n) is 4.47. The highest BCUT2D eigenvalue weighted by molar-refractivity contribution is 6.11. The Hall–Kier alpha value is -2.13. The molecule has 0 amide bonds. The van der Waals surface area contributed by atoms with Gasteiger partial charge >= 0.3 is 0 Å². The first-order valence-corrected chi connectivity index (χ1v) is 6.18. The standard InChI is InChI=1S/C16H14O3/c1-18-16-12-8-5-9-13(14(12)15(16)17)19-10-11-6-3-2-4-7-11/h2-9,16H,10H2,1H3. The van der Waals surface area contributed by atoms with Gasteiger partial charge in [-0.15, -0.1) is 0 Å². The molecule has 19 heavy (non-hydrogen) atoms. The van der Waals surface area contributed by atoms with E-state index in [4.69, 9.17) is 9.47 Å². The van der Waals surface area contributed by atoms with Crippen molar-refractivity contribution in [2.24, 2.45) is 0 Å². The van der Waals surface area contributed by atoms with Gasteiger partial charge < -0.3 is 9.47 Å². The highest BCUT2D eigenvalue weighted by Gasteiger charge is 2.38. The molecule has 3 nitrogen and oxygen atoms in total. The SMILES string of the molecule is COC1C(=O)c2c(OCc3ccccc3)cccc21. The fourth-order valence-electron chi connectivity index (χ4n) is 2.31. The summed E-state index contributed by atoms with van der Waals surface area (Å²) < 4.78 is 10.9. The number of Topliss-reactive ketones (excluding diaryl/α,β-unsaturated/α-hetero) is 1. The molecule has 96 valence electrons. The average molecular weight is 254 g/mol. The lowest BCUT2D eigenvalue weighted by Crippen LogP contribution is -2.28. The van der Waals surface area contributed by atoms with E-state index in [0.29, 0.717) is 17.9 Å². The van der Waals surface area contributed by atoms with Gasteiger partial charge in [-0.1, -0.05) is 42.5 Å². The van der Waals surface area contributed by atoms with Crippen LogP contribution in [-0.4, -0.2) is 12.9 Å². The first kappa shape index (κ1) is 11.9. The average Bonchev–Trinajstić information content (AvgIpc) is 2.46. The molecule has 0 N–H and O–H groups in total. The third-order valence-corrected chi connectivity index (χ3v) is 3.30. The molecule has 0 saturated carbocycles. The Kier molecular flexibility index (Phi) is 3.05. The summed E-state index contributed by atoms with van der Waals surface area (Å²) in [5.41, 5.74) is 2.65. The van der Waals surface area contributed by atoms with E-state index in [1.807, 2.05) is 48.5 Å². The normalized spacial score (nSPS) is 16.7. The molecule has 0 heterocycles. The minimum absolute atomic E-state index is 0.00108. The molecule has 2 aromatic rings. The fourth-order valence-corrected chi connectivity index (χ4v) is 2.31.